The van der Waals surface area contributed by atoms with Gasteiger partial charge in [-0.25, -0.2) is 9.89 Å². The van der Waals surface area contributed by atoms with Gasteiger partial charge in [-0.3, -0.25) is 19.5 Å². The summed E-state index contributed by atoms with van der Waals surface area (Å²) in [6.45, 7) is 1.73. The van der Waals surface area contributed by atoms with Gasteiger partial charge in [-0.05, 0) is 25.0 Å². The molecule has 0 radical (unpaired) electrons. The first-order valence-electron chi connectivity index (χ1n) is 9.58. The van der Waals surface area contributed by atoms with Crippen molar-refractivity contribution in [3.63, 3.8) is 0 Å². The Morgan fingerprint density at radius 3 is 2.61 bits per heavy atom. The molecular formula is C20H18F3N5O4S. The van der Waals surface area contributed by atoms with Crippen LogP contribution in [0, 0.1) is 10.1 Å². The van der Waals surface area contributed by atoms with Crippen LogP contribution in [0.15, 0.2) is 58.5 Å². The second-order valence-corrected chi connectivity index (χ2v) is 8.24. The molecule has 2 aromatic carbocycles. The number of thioether (sulfide) groups is 1. The molecule has 0 saturated heterocycles. The van der Waals surface area contributed by atoms with E-state index in [-0.39, 0.29) is 11.7 Å². The number of carbonyl (C=O) groups is 1. The number of hydrogen-bond acceptors (Lipinski definition) is 6. The van der Waals surface area contributed by atoms with Crippen LogP contribution in [0.2, 0.25) is 0 Å². The number of aromatic amines is 1. The number of carbonyl (C=O) groups excluding carboxylic acids is 1. The van der Waals surface area contributed by atoms with Gasteiger partial charge < -0.3 is 5.32 Å². The minimum Gasteiger partial charge on any atom is -0.325 e. The Hall–Kier alpha value is -3.61. The highest BCUT2D eigenvalue weighted by molar-refractivity contribution is 8.00. The van der Waals surface area contributed by atoms with Crippen LogP contribution in [0.3, 0.4) is 0 Å². The van der Waals surface area contributed by atoms with Gasteiger partial charge >= 0.3 is 11.9 Å². The van der Waals surface area contributed by atoms with Gasteiger partial charge in [0.05, 0.1) is 21.4 Å². The summed E-state index contributed by atoms with van der Waals surface area (Å²) in [7, 11) is 0. The summed E-state index contributed by atoms with van der Waals surface area (Å²) in [6.07, 6.45) is -4.38. The van der Waals surface area contributed by atoms with Crippen molar-refractivity contribution in [2.75, 3.05) is 5.32 Å². The summed E-state index contributed by atoms with van der Waals surface area (Å²) in [5.41, 5.74) is -2.17. The number of halogens is 3. The van der Waals surface area contributed by atoms with E-state index in [1.54, 1.807) is 0 Å². The van der Waals surface area contributed by atoms with Gasteiger partial charge in [-0.1, -0.05) is 42.1 Å². The van der Waals surface area contributed by atoms with Crippen molar-refractivity contribution >= 4 is 29.0 Å². The average molecular weight is 481 g/mol. The van der Waals surface area contributed by atoms with Crippen LogP contribution >= 0.6 is 11.8 Å². The van der Waals surface area contributed by atoms with Gasteiger partial charge in [-0.15, -0.1) is 5.10 Å². The number of amides is 1. The van der Waals surface area contributed by atoms with Gasteiger partial charge in [-0.2, -0.15) is 13.2 Å². The van der Waals surface area contributed by atoms with Gasteiger partial charge in [0.15, 0.2) is 5.16 Å². The van der Waals surface area contributed by atoms with E-state index in [1.165, 1.54) is 11.5 Å². The zero-order valence-corrected chi connectivity index (χ0v) is 17.9. The van der Waals surface area contributed by atoms with Crippen molar-refractivity contribution in [3.8, 4) is 0 Å². The highest BCUT2D eigenvalue weighted by Crippen LogP contribution is 2.37. The highest BCUT2D eigenvalue weighted by Gasteiger charge is 2.36. The molecule has 0 bridgehead atoms. The topological polar surface area (TPSA) is 123 Å². The van der Waals surface area contributed by atoms with Crippen LogP contribution in [0.4, 0.5) is 24.5 Å². The fourth-order valence-corrected chi connectivity index (χ4v) is 3.79. The molecule has 0 aliphatic rings. The third-order valence-electron chi connectivity index (χ3n) is 4.62. The largest absolute Gasteiger partial charge is 0.418 e. The predicted octanol–water partition coefficient (Wildman–Crippen LogP) is 3.86. The van der Waals surface area contributed by atoms with E-state index in [0.29, 0.717) is 12.5 Å². The van der Waals surface area contributed by atoms with Crippen molar-refractivity contribution < 1.29 is 22.9 Å². The molecule has 0 aliphatic carbocycles. The van der Waals surface area contributed by atoms with Crippen LogP contribution in [0.25, 0.3) is 0 Å². The molecule has 174 valence electrons. The molecule has 1 aromatic heterocycles. The number of aryl methyl sites for hydroxylation is 1. The summed E-state index contributed by atoms with van der Waals surface area (Å²) in [5.74, 6) is -0.788. The van der Waals surface area contributed by atoms with Crippen LogP contribution < -0.4 is 11.0 Å². The number of nitro groups is 1. The highest BCUT2D eigenvalue weighted by atomic mass is 32.2. The fraction of sp³-hybridized carbons (Fsp3) is 0.250. The molecule has 3 aromatic rings. The Morgan fingerprint density at radius 1 is 1.27 bits per heavy atom. The summed E-state index contributed by atoms with van der Waals surface area (Å²) in [5, 5.41) is 18.5. The summed E-state index contributed by atoms with van der Waals surface area (Å²) in [6, 6.07) is 11.5. The molecule has 0 aliphatic heterocycles. The van der Waals surface area contributed by atoms with Crippen LogP contribution in [0.1, 0.15) is 18.1 Å². The number of aromatic nitrogens is 3. The maximum Gasteiger partial charge on any atom is 0.418 e. The Morgan fingerprint density at radius 2 is 1.97 bits per heavy atom. The number of hydrogen-bond donors (Lipinski definition) is 2. The third kappa shape index (κ3) is 6.00. The van der Waals surface area contributed by atoms with E-state index < -0.39 is 44.9 Å². The third-order valence-corrected chi connectivity index (χ3v) is 5.71. The molecule has 1 amide bonds. The number of anilines is 1. The lowest BCUT2D eigenvalue weighted by Crippen LogP contribution is -2.25. The molecule has 1 atom stereocenters. The van der Waals surface area contributed by atoms with Crippen LogP contribution in [-0.4, -0.2) is 30.8 Å². The number of alkyl halides is 3. The Kier molecular flexibility index (Phi) is 7.21. The van der Waals surface area contributed by atoms with Gasteiger partial charge in [0, 0.05) is 18.7 Å². The van der Waals surface area contributed by atoms with E-state index in [1.807, 2.05) is 30.3 Å². The average Bonchev–Trinajstić information content (AvgIpc) is 3.11. The number of H-pyrrole nitrogens is 1. The molecule has 33 heavy (non-hydrogen) atoms. The lowest BCUT2D eigenvalue weighted by atomic mass is 10.1. The molecule has 0 saturated carbocycles. The zero-order valence-electron chi connectivity index (χ0n) is 17.1. The molecule has 9 nitrogen and oxygen atoms in total. The molecule has 0 spiro atoms. The fourth-order valence-electron chi connectivity index (χ4n) is 2.91. The Labute approximate surface area is 189 Å². The van der Waals surface area contributed by atoms with Crippen LogP contribution in [-0.2, 0) is 23.9 Å². The lowest BCUT2D eigenvalue weighted by Gasteiger charge is -2.16. The Balaban J connectivity index is 1.73. The monoisotopic (exact) mass is 481 g/mol. The van der Waals surface area contributed by atoms with Gasteiger partial charge in [0.25, 0.3) is 5.69 Å². The van der Waals surface area contributed by atoms with E-state index in [2.05, 4.69) is 15.5 Å². The van der Waals surface area contributed by atoms with Gasteiger partial charge in [0.2, 0.25) is 5.91 Å². The number of nitro benzene ring substituents is 1. The summed E-state index contributed by atoms with van der Waals surface area (Å²) in [4.78, 5) is 34.5. The number of nitrogens with one attached hydrogen (secondary N) is 2. The molecule has 3 rings (SSSR count). The van der Waals surface area contributed by atoms with Crippen molar-refractivity contribution in [1.29, 1.82) is 0 Å². The van der Waals surface area contributed by atoms with Crippen LogP contribution in [0.5, 0.6) is 0 Å². The molecule has 1 heterocycles. The molecular weight excluding hydrogens is 463 g/mol. The first-order chi connectivity index (χ1) is 15.6. The number of nitrogens with zero attached hydrogens (tertiary/aromatic N) is 3. The SMILES string of the molecule is CC(Sc1n[nH]c(=O)n1CCc1ccccc1)C(=O)Nc1ccc([N+](=O)[O-])cc1C(F)(F)F. The van der Waals surface area contributed by atoms with E-state index in [0.717, 1.165) is 29.5 Å². The molecule has 13 heteroatoms. The van der Waals surface area contributed by atoms with Crippen molar-refractivity contribution in [2.24, 2.45) is 0 Å². The van der Waals surface area contributed by atoms with E-state index >= 15 is 0 Å². The minimum absolute atomic E-state index is 0.207. The standard InChI is InChI=1S/C20H18F3N5O4S/c1-12(17(29)24-16-8-7-14(28(31)32)11-15(16)20(21,22)23)33-19-26-25-18(30)27(19)10-9-13-5-3-2-4-6-13/h2-8,11-12H,9-10H2,1H3,(H,24,29)(H,25,30). The van der Waals surface area contributed by atoms with Crippen molar-refractivity contribution in [3.05, 3.63) is 80.3 Å². The first kappa shape index (κ1) is 24.0. The quantitative estimate of drug-likeness (QED) is 0.286. The number of rotatable bonds is 8. The predicted molar refractivity (Wildman–Crippen MR) is 115 cm³/mol. The second-order valence-electron chi connectivity index (χ2n) is 6.93. The number of benzene rings is 2. The minimum atomic E-state index is -4.91. The second kappa shape index (κ2) is 9.90. The molecule has 1 unspecified atom stereocenters. The maximum absolute atomic E-state index is 13.3. The zero-order chi connectivity index (χ0) is 24.2. The van der Waals surface area contributed by atoms with Crippen molar-refractivity contribution in [2.45, 2.75) is 36.5 Å². The molecule has 0 fully saturated rings. The Bertz CT molecular complexity index is 1210. The van der Waals surface area contributed by atoms with Crippen molar-refractivity contribution in [1.82, 2.24) is 14.8 Å². The lowest BCUT2D eigenvalue weighted by molar-refractivity contribution is -0.385. The molecule has 2 N–H and O–H groups in total. The van der Waals surface area contributed by atoms with Gasteiger partial charge in [0.1, 0.15) is 0 Å². The normalized spacial score (nSPS) is 12.4. The summed E-state index contributed by atoms with van der Waals surface area (Å²) >= 11 is 0.894. The first-order valence-corrected chi connectivity index (χ1v) is 10.5. The van der Waals surface area contributed by atoms with E-state index in [9.17, 15) is 32.9 Å². The maximum atomic E-state index is 13.3. The van der Waals surface area contributed by atoms with E-state index in [4.69, 9.17) is 0 Å². The number of non-ortho nitro benzene ring substituents is 1. The smallest absolute Gasteiger partial charge is 0.325 e. The summed E-state index contributed by atoms with van der Waals surface area (Å²) < 4.78 is 41.4.